The number of carbonyl (C=O) groups excluding carboxylic acids is 1. The molecular weight excluding hydrogens is 318 g/mol. The SMILES string of the molecule is CCOC(=O)Cc1ccc2n[nH]nc2c1O.[Ag+]. The van der Waals surface area contributed by atoms with E-state index in [4.69, 9.17) is 4.74 Å². The Morgan fingerprint density at radius 3 is 2.94 bits per heavy atom. The number of benzene rings is 1. The first kappa shape index (κ1) is 13.7. The number of H-pyrrole nitrogens is 1. The molecule has 1 aromatic heterocycles. The maximum atomic E-state index is 11.3. The Kier molecular flexibility index (Phi) is 4.68. The van der Waals surface area contributed by atoms with E-state index in [0.717, 1.165) is 0 Å². The molecule has 0 saturated carbocycles. The topological polar surface area (TPSA) is 88.1 Å². The van der Waals surface area contributed by atoms with Gasteiger partial charge in [-0.1, -0.05) is 6.07 Å². The van der Waals surface area contributed by atoms with E-state index in [-0.39, 0.29) is 40.5 Å². The fourth-order valence-electron chi connectivity index (χ4n) is 1.45. The van der Waals surface area contributed by atoms with Crippen molar-refractivity contribution in [2.45, 2.75) is 13.3 Å². The van der Waals surface area contributed by atoms with Crippen molar-refractivity contribution in [3.05, 3.63) is 17.7 Å². The Labute approximate surface area is 113 Å². The number of rotatable bonds is 3. The van der Waals surface area contributed by atoms with Gasteiger partial charge in [-0.05, 0) is 13.0 Å². The van der Waals surface area contributed by atoms with Gasteiger partial charge in [-0.25, -0.2) is 0 Å². The number of ether oxygens (including phenoxy) is 1. The molecule has 94 valence electrons. The van der Waals surface area contributed by atoms with Crippen LogP contribution in [0.5, 0.6) is 5.75 Å². The van der Waals surface area contributed by atoms with E-state index in [0.29, 0.717) is 23.2 Å². The van der Waals surface area contributed by atoms with Crippen LogP contribution in [0.15, 0.2) is 12.1 Å². The average molecular weight is 329 g/mol. The fourth-order valence-corrected chi connectivity index (χ4v) is 1.45. The van der Waals surface area contributed by atoms with Crippen LogP contribution in [0, 0.1) is 0 Å². The number of nitrogens with one attached hydrogen (secondary N) is 1. The number of aromatic amines is 1. The van der Waals surface area contributed by atoms with Crippen LogP contribution < -0.4 is 0 Å². The number of phenols is 1. The van der Waals surface area contributed by atoms with Crippen LogP contribution in [0.4, 0.5) is 0 Å². The summed E-state index contributed by atoms with van der Waals surface area (Å²) >= 11 is 0. The van der Waals surface area contributed by atoms with E-state index in [1.165, 1.54) is 0 Å². The molecule has 0 saturated heterocycles. The summed E-state index contributed by atoms with van der Waals surface area (Å²) in [6, 6.07) is 3.32. The van der Waals surface area contributed by atoms with Crippen molar-refractivity contribution in [3.63, 3.8) is 0 Å². The zero-order valence-electron chi connectivity index (χ0n) is 9.03. The molecule has 0 aliphatic heterocycles. The number of aromatic hydroxyl groups is 1. The summed E-state index contributed by atoms with van der Waals surface area (Å²) in [5.41, 5.74) is 1.41. The molecule has 0 atom stereocenters. The number of esters is 1. The molecule has 2 aromatic rings. The van der Waals surface area contributed by atoms with Crippen molar-refractivity contribution in [1.82, 2.24) is 15.4 Å². The van der Waals surface area contributed by atoms with Crippen LogP contribution in [0.1, 0.15) is 12.5 Å². The molecule has 0 fully saturated rings. The largest absolute Gasteiger partial charge is 1.00 e. The van der Waals surface area contributed by atoms with Gasteiger partial charge < -0.3 is 9.84 Å². The monoisotopic (exact) mass is 328 g/mol. The Bertz CT molecular complexity index is 526. The molecule has 1 aromatic carbocycles. The second kappa shape index (κ2) is 5.81. The van der Waals surface area contributed by atoms with E-state index < -0.39 is 0 Å². The Morgan fingerprint density at radius 2 is 2.24 bits per heavy atom. The van der Waals surface area contributed by atoms with Gasteiger partial charge in [0.05, 0.1) is 13.0 Å². The number of phenolic OH excluding ortho intramolecular Hbond substituents is 1. The normalized spacial score (nSPS) is 9.94. The smallest absolute Gasteiger partial charge is 0.505 e. The van der Waals surface area contributed by atoms with Crippen molar-refractivity contribution in [3.8, 4) is 5.75 Å². The van der Waals surface area contributed by atoms with Crippen molar-refractivity contribution in [2.75, 3.05) is 6.61 Å². The number of hydrogen-bond donors (Lipinski definition) is 2. The summed E-state index contributed by atoms with van der Waals surface area (Å²) in [6.07, 6.45) is 0.0302. The first-order chi connectivity index (χ1) is 7.72. The molecule has 2 N–H and O–H groups in total. The molecule has 1 heterocycles. The summed E-state index contributed by atoms with van der Waals surface area (Å²) < 4.78 is 4.80. The average Bonchev–Trinajstić information content (AvgIpc) is 2.71. The third kappa shape index (κ3) is 2.85. The van der Waals surface area contributed by atoms with Gasteiger partial charge in [0.1, 0.15) is 11.3 Å². The van der Waals surface area contributed by atoms with Gasteiger partial charge in [-0.15, -0.1) is 0 Å². The van der Waals surface area contributed by atoms with Crippen molar-refractivity contribution in [2.24, 2.45) is 0 Å². The minimum Gasteiger partial charge on any atom is -0.505 e. The van der Waals surface area contributed by atoms with Crippen LogP contribution in [0.2, 0.25) is 0 Å². The Hall–Kier alpha value is -1.37. The zero-order valence-corrected chi connectivity index (χ0v) is 10.5. The molecule has 0 radical (unpaired) electrons. The molecule has 6 nitrogen and oxygen atoms in total. The molecule has 0 amide bonds. The maximum Gasteiger partial charge on any atom is 1.00 e. The Balaban J connectivity index is 0.00000144. The van der Waals surface area contributed by atoms with E-state index in [1.807, 2.05) is 0 Å². The molecule has 7 heteroatoms. The summed E-state index contributed by atoms with van der Waals surface area (Å²) in [5, 5.41) is 19.9. The number of carbonyl (C=O) groups is 1. The van der Waals surface area contributed by atoms with Crippen molar-refractivity contribution < 1.29 is 37.0 Å². The molecule has 0 aliphatic carbocycles. The van der Waals surface area contributed by atoms with E-state index >= 15 is 0 Å². The van der Waals surface area contributed by atoms with Crippen LogP contribution in [-0.4, -0.2) is 33.1 Å². The number of aromatic nitrogens is 3. The molecule has 17 heavy (non-hydrogen) atoms. The van der Waals surface area contributed by atoms with Crippen molar-refractivity contribution in [1.29, 1.82) is 0 Å². The zero-order chi connectivity index (χ0) is 11.5. The van der Waals surface area contributed by atoms with Gasteiger partial charge in [-0.3, -0.25) is 4.79 Å². The minimum atomic E-state index is -0.374. The number of nitrogens with zero attached hydrogens (tertiary/aromatic N) is 2. The molecule has 0 unspecified atom stereocenters. The molecular formula is C10H11AgN3O3+. The summed E-state index contributed by atoms with van der Waals surface area (Å²) in [7, 11) is 0. The maximum absolute atomic E-state index is 11.3. The van der Waals surface area contributed by atoms with E-state index in [1.54, 1.807) is 19.1 Å². The number of fused-ring (bicyclic) bond motifs is 1. The quantitative estimate of drug-likeness (QED) is 0.641. The molecule has 0 aliphatic rings. The van der Waals surface area contributed by atoms with Crippen LogP contribution >= 0.6 is 0 Å². The Morgan fingerprint density at radius 1 is 1.47 bits per heavy atom. The van der Waals surface area contributed by atoms with Gasteiger partial charge in [0, 0.05) is 5.56 Å². The molecule has 2 rings (SSSR count). The third-order valence-electron chi connectivity index (χ3n) is 2.19. The van der Waals surface area contributed by atoms with Gasteiger partial charge in [0.2, 0.25) is 0 Å². The van der Waals surface area contributed by atoms with E-state index in [2.05, 4.69) is 15.4 Å². The van der Waals surface area contributed by atoms with Gasteiger partial charge >= 0.3 is 28.3 Å². The van der Waals surface area contributed by atoms with Crippen LogP contribution in [0.3, 0.4) is 0 Å². The second-order valence-corrected chi connectivity index (χ2v) is 3.25. The predicted octanol–water partition coefficient (Wildman–Crippen LogP) is 0.767. The number of hydrogen-bond acceptors (Lipinski definition) is 5. The second-order valence-electron chi connectivity index (χ2n) is 3.25. The third-order valence-corrected chi connectivity index (χ3v) is 2.19. The summed E-state index contributed by atoms with van der Waals surface area (Å²) in [4.78, 5) is 11.3. The van der Waals surface area contributed by atoms with E-state index in [9.17, 15) is 9.90 Å². The standard InChI is InChI=1S/C10H11N3O3.Ag/c1-2-16-8(14)5-6-3-4-7-9(10(6)15)12-13-11-7;/h3-4,15H,2,5H2,1H3,(H,11,12,13);/q;+1. The first-order valence-electron chi connectivity index (χ1n) is 4.89. The predicted molar refractivity (Wildman–Crippen MR) is 55.9 cm³/mol. The fraction of sp³-hybridized carbons (Fsp3) is 0.300. The van der Waals surface area contributed by atoms with Gasteiger partial charge in [0.25, 0.3) is 0 Å². The molecule has 0 spiro atoms. The van der Waals surface area contributed by atoms with Crippen molar-refractivity contribution >= 4 is 17.0 Å². The van der Waals surface area contributed by atoms with Crippen LogP contribution in [0.25, 0.3) is 11.0 Å². The first-order valence-corrected chi connectivity index (χ1v) is 4.89. The minimum absolute atomic E-state index is 0. The molecule has 0 bridgehead atoms. The van der Waals surface area contributed by atoms with Gasteiger partial charge in [0.15, 0.2) is 5.52 Å². The van der Waals surface area contributed by atoms with Crippen LogP contribution in [-0.2, 0) is 38.3 Å². The van der Waals surface area contributed by atoms with Gasteiger partial charge in [-0.2, -0.15) is 15.4 Å². The summed E-state index contributed by atoms with van der Waals surface area (Å²) in [6.45, 7) is 2.06. The summed E-state index contributed by atoms with van der Waals surface area (Å²) in [5.74, 6) is -0.403.